The zero-order valence-electron chi connectivity index (χ0n) is 11.8. The van der Waals surface area contributed by atoms with Crippen molar-refractivity contribution in [3.05, 3.63) is 34.6 Å². The highest BCUT2D eigenvalue weighted by Crippen LogP contribution is 2.16. The summed E-state index contributed by atoms with van der Waals surface area (Å²) >= 11 is 5.87. The second-order valence-corrected chi connectivity index (χ2v) is 4.53. The molecule has 2 N–H and O–H groups in total. The first kappa shape index (κ1) is 15.0. The number of methoxy groups -OCH3 is 1. The van der Waals surface area contributed by atoms with Crippen LogP contribution in [0.15, 0.2) is 18.2 Å². The van der Waals surface area contributed by atoms with Crippen molar-refractivity contribution in [2.75, 3.05) is 24.8 Å². The molecule has 0 aliphatic carbocycles. The van der Waals surface area contributed by atoms with E-state index in [2.05, 4.69) is 25.6 Å². The summed E-state index contributed by atoms with van der Waals surface area (Å²) in [6.45, 7) is 1.78. The standard InChI is InChI=1S/C13H14ClN5O2/c1-7-4-11(21-3)18-13(16-7)19-12(20)8-5-9(14)17-10(6-8)15-2/h4-6H,1-3H3,(H,15,17)(H,16,18,19,20). The molecule has 21 heavy (non-hydrogen) atoms. The fourth-order valence-electron chi connectivity index (χ4n) is 1.63. The third-order valence-corrected chi connectivity index (χ3v) is 2.77. The van der Waals surface area contributed by atoms with Crippen molar-refractivity contribution < 1.29 is 9.53 Å². The number of carbonyl (C=O) groups excluding carboxylic acids is 1. The topological polar surface area (TPSA) is 89.0 Å². The molecule has 0 aliphatic heterocycles. The minimum Gasteiger partial charge on any atom is -0.481 e. The highest BCUT2D eigenvalue weighted by molar-refractivity contribution is 6.30. The van der Waals surface area contributed by atoms with Crippen molar-refractivity contribution in [3.8, 4) is 5.88 Å². The zero-order valence-corrected chi connectivity index (χ0v) is 12.5. The molecule has 8 heteroatoms. The Bertz CT molecular complexity index is 678. The Balaban J connectivity index is 2.25. The molecule has 7 nitrogen and oxygen atoms in total. The van der Waals surface area contributed by atoms with Gasteiger partial charge in [-0.25, -0.2) is 9.97 Å². The van der Waals surface area contributed by atoms with Gasteiger partial charge in [-0.15, -0.1) is 0 Å². The minimum atomic E-state index is -0.386. The van der Waals surface area contributed by atoms with E-state index in [1.165, 1.54) is 13.2 Å². The largest absolute Gasteiger partial charge is 0.481 e. The molecule has 2 aromatic heterocycles. The Labute approximate surface area is 126 Å². The number of amides is 1. The molecule has 110 valence electrons. The van der Waals surface area contributed by atoms with Crippen LogP contribution in [0.25, 0.3) is 0 Å². The van der Waals surface area contributed by atoms with Gasteiger partial charge in [0.05, 0.1) is 7.11 Å². The van der Waals surface area contributed by atoms with Gasteiger partial charge in [0.1, 0.15) is 11.0 Å². The summed E-state index contributed by atoms with van der Waals surface area (Å²) in [6, 6.07) is 4.71. The van der Waals surface area contributed by atoms with Gasteiger partial charge in [0.25, 0.3) is 5.91 Å². The number of anilines is 2. The molecule has 0 fully saturated rings. The number of rotatable bonds is 4. The molecule has 0 bridgehead atoms. The van der Waals surface area contributed by atoms with Crippen molar-refractivity contribution in [3.63, 3.8) is 0 Å². The van der Waals surface area contributed by atoms with E-state index in [4.69, 9.17) is 16.3 Å². The smallest absolute Gasteiger partial charge is 0.258 e. The van der Waals surface area contributed by atoms with Crippen LogP contribution < -0.4 is 15.4 Å². The van der Waals surface area contributed by atoms with Gasteiger partial charge in [0.2, 0.25) is 11.8 Å². The predicted molar refractivity (Wildman–Crippen MR) is 80.1 cm³/mol. The molecule has 0 saturated carbocycles. The van der Waals surface area contributed by atoms with E-state index in [0.29, 0.717) is 23.0 Å². The summed E-state index contributed by atoms with van der Waals surface area (Å²) < 4.78 is 5.04. The lowest BCUT2D eigenvalue weighted by Crippen LogP contribution is -2.15. The van der Waals surface area contributed by atoms with Crippen LogP contribution in [0.2, 0.25) is 5.15 Å². The molecular formula is C13H14ClN5O2. The SMILES string of the molecule is CNc1cc(C(=O)Nc2nc(C)cc(OC)n2)cc(Cl)n1. The summed E-state index contributed by atoms with van der Waals surface area (Å²) in [5.74, 6) is 0.649. The summed E-state index contributed by atoms with van der Waals surface area (Å²) in [5.41, 5.74) is 1.03. The second kappa shape index (κ2) is 6.36. The summed E-state index contributed by atoms with van der Waals surface area (Å²) in [6.07, 6.45) is 0. The monoisotopic (exact) mass is 307 g/mol. The van der Waals surface area contributed by atoms with Crippen molar-refractivity contribution in [1.82, 2.24) is 15.0 Å². The molecule has 2 aromatic rings. The summed E-state index contributed by atoms with van der Waals surface area (Å²) in [5, 5.41) is 5.64. The first-order valence-corrected chi connectivity index (χ1v) is 6.46. The van der Waals surface area contributed by atoms with E-state index in [9.17, 15) is 4.79 Å². The van der Waals surface area contributed by atoms with Crippen LogP contribution in [0.1, 0.15) is 16.1 Å². The van der Waals surface area contributed by atoms with Gasteiger partial charge < -0.3 is 10.1 Å². The number of nitrogens with zero attached hydrogens (tertiary/aromatic N) is 3. The van der Waals surface area contributed by atoms with Crippen LogP contribution in [0, 0.1) is 6.92 Å². The first-order valence-electron chi connectivity index (χ1n) is 6.08. The molecule has 0 aromatic carbocycles. The number of ether oxygens (including phenoxy) is 1. The molecule has 0 saturated heterocycles. The van der Waals surface area contributed by atoms with Gasteiger partial charge in [-0.2, -0.15) is 4.98 Å². The molecule has 0 spiro atoms. The third-order valence-electron chi connectivity index (χ3n) is 2.58. The van der Waals surface area contributed by atoms with Crippen LogP contribution in [0.3, 0.4) is 0 Å². The minimum absolute atomic E-state index is 0.163. The Morgan fingerprint density at radius 2 is 2.00 bits per heavy atom. The number of aromatic nitrogens is 3. The lowest BCUT2D eigenvalue weighted by atomic mass is 10.2. The maximum Gasteiger partial charge on any atom is 0.258 e. The molecule has 1 amide bonds. The lowest BCUT2D eigenvalue weighted by Gasteiger charge is -2.08. The quantitative estimate of drug-likeness (QED) is 0.841. The van der Waals surface area contributed by atoms with E-state index in [1.807, 2.05) is 0 Å². The molecule has 0 aliphatic rings. The van der Waals surface area contributed by atoms with Crippen LogP contribution >= 0.6 is 11.6 Å². The second-order valence-electron chi connectivity index (χ2n) is 4.14. The Morgan fingerprint density at radius 1 is 1.24 bits per heavy atom. The molecular weight excluding hydrogens is 294 g/mol. The normalized spacial score (nSPS) is 10.1. The van der Waals surface area contributed by atoms with E-state index in [-0.39, 0.29) is 17.0 Å². The van der Waals surface area contributed by atoms with Gasteiger partial charge in [-0.1, -0.05) is 11.6 Å². The van der Waals surface area contributed by atoms with Crippen molar-refractivity contribution >= 4 is 29.3 Å². The summed E-state index contributed by atoms with van der Waals surface area (Å²) in [7, 11) is 3.18. The van der Waals surface area contributed by atoms with E-state index in [0.717, 1.165) is 0 Å². The number of hydrogen-bond acceptors (Lipinski definition) is 6. The Morgan fingerprint density at radius 3 is 2.67 bits per heavy atom. The van der Waals surface area contributed by atoms with Gasteiger partial charge in [0.15, 0.2) is 0 Å². The number of nitrogens with one attached hydrogen (secondary N) is 2. The molecule has 0 atom stereocenters. The number of halogens is 1. The lowest BCUT2D eigenvalue weighted by molar-refractivity contribution is 0.102. The van der Waals surface area contributed by atoms with E-state index >= 15 is 0 Å². The van der Waals surface area contributed by atoms with Crippen molar-refractivity contribution in [2.45, 2.75) is 6.92 Å². The van der Waals surface area contributed by atoms with Crippen LogP contribution in [-0.4, -0.2) is 35.0 Å². The zero-order chi connectivity index (χ0) is 15.4. The third kappa shape index (κ3) is 3.79. The molecule has 0 unspecified atom stereocenters. The molecule has 2 heterocycles. The number of hydrogen-bond donors (Lipinski definition) is 2. The maximum absolute atomic E-state index is 12.2. The van der Waals surface area contributed by atoms with Crippen molar-refractivity contribution in [1.29, 1.82) is 0 Å². The highest BCUT2D eigenvalue weighted by Gasteiger charge is 2.12. The number of carbonyl (C=O) groups is 1. The average molecular weight is 308 g/mol. The average Bonchev–Trinajstić information content (AvgIpc) is 2.45. The van der Waals surface area contributed by atoms with Gasteiger partial charge in [0, 0.05) is 24.4 Å². The fourth-order valence-corrected chi connectivity index (χ4v) is 1.84. The number of aryl methyl sites for hydroxylation is 1. The van der Waals surface area contributed by atoms with Crippen LogP contribution in [0.5, 0.6) is 5.88 Å². The first-order chi connectivity index (χ1) is 10.0. The molecule has 2 rings (SSSR count). The Kier molecular flexibility index (Phi) is 4.54. The summed E-state index contributed by atoms with van der Waals surface area (Å²) in [4.78, 5) is 24.4. The maximum atomic E-state index is 12.2. The Hall–Kier alpha value is -2.41. The van der Waals surface area contributed by atoms with E-state index in [1.54, 1.807) is 26.1 Å². The van der Waals surface area contributed by atoms with Crippen LogP contribution in [0.4, 0.5) is 11.8 Å². The van der Waals surface area contributed by atoms with Crippen LogP contribution in [-0.2, 0) is 0 Å². The predicted octanol–water partition coefficient (Wildman–Crippen LogP) is 2.14. The van der Waals surface area contributed by atoms with Gasteiger partial charge in [-0.3, -0.25) is 10.1 Å². The number of pyridine rings is 1. The van der Waals surface area contributed by atoms with E-state index < -0.39 is 0 Å². The fraction of sp³-hybridized carbons (Fsp3) is 0.231. The van der Waals surface area contributed by atoms with Crippen molar-refractivity contribution in [2.24, 2.45) is 0 Å². The van der Waals surface area contributed by atoms with Gasteiger partial charge in [-0.05, 0) is 19.1 Å². The molecule has 0 radical (unpaired) electrons. The highest BCUT2D eigenvalue weighted by atomic mass is 35.5. The van der Waals surface area contributed by atoms with Gasteiger partial charge >= 0.3 is 0 Å².